The summed E-state index contributed by atoms with van der Waals surface area (Å²) in [6.07, 6.45) is 5.17. The van der Waals surface area contributed by atoms with Gasteiger partial charge in [-0.2, -0.15) is 0 Å². The maximum atomic E-state index is 11.9. The van der Waals surface area contributed by atoms with Crippen LogP contribution in [0, 0.1) is 0 Å². The van der Waals surface area contributed by atoms with E-state index in [9.17, 15) is 4.79 Å². The first-order valence-corrected chi connectivity index (χ1v) is 9.25. The third-order valence-electron chi connectivity index (χ3n) is 4.24. The summed E-state index contributed by atoms with van der Waals surface area (Å²) in [5.41, 5.74) is 2.02. The predicted molar refractivity (Wildman–Crippen MR) is 95.3 cm³/mol. The van der Waals surface area contributed by atoms with Gasteiger partial charge in [0, 0.05) is 11.4 Å². The van der Waals surface area contributed by atoms with Crippen LogP contribution in [0.25, 0.3) is 11.3 Å². The Labute approximate surface area is 141 Å². The largest absolute Gasteiger partial charge is 0.494 e. The fourth-order valence-corrected chi connectivity index (χ4v) is 3.98. The monoisotopic (exact) mass is 332 g/mol. The van der Waals surface area contributed by atoms with E-state index in [2.05, 4.69) is 9.88 Å². The topological polar surface area (TPSA) is 45.3 Å². The maximum absolute atomic E-state index is 11.9. The summed E-state index contributed by atoms with van der Waals surface area (Å²) in [6.45, 7) is 5.77. The van der Waals surface area contributed by atoms with Gasteiger partial charge < -0.3 is 9.72 Å². The molecule has 0 unspecified atom stereocenters. The fourth-order valence-electron chi connectivity index (χ4n) is 3.09. The van der Waals surface area contributed by atoms with E-state index >= 15 is 0 Å². The van der Waals surface area contributed by atoms with E-state index in [1.165, 1.54) is 37.0 Å². The normalized spacial score (nSPS) is 16.2. The molecule has 0 atom stereocenters. The molecule has 0 spiro atoms. The van der Waals surface area contributed by atoms with Crippen LogP contribution < -0.4 is 9.61 Å². The Balaban J connectivity index is 1.80. The van der Waals surface area contributed by atoms with Crippen LogP contribution in [0.3, 0.4) is 0 Å². The molecule has 1 saturated heterocycles. The molecule has 1 aromatic carbocycles. The number of nitrogens with zero attached hydrogens (tertiary/aromatic N) is 1. The van der Waals surface area contributed by atoms with Crippen LogP contribution in [0.2, 0.25) is 0 Å². The SMILES string of the molecule is CCOc1ccc(-c2[nH]c(=O)sc2CN2CCCCCC2)cc1. The zero-order valence-electron chi connectivity index (χ0n) is 13.6. The lowest BCUT2D eigenvalue weighted by Crippen LogP contribution is -2.23. The molecule has 0 aliphatic carbocycles. The van der Waals surface area contributed by atoms with Gasteiger partial charge in [0.1, 0.15) is 5.75 Å². The van der Waals surface area contributed by atoms with Crippen LogP contribution in [-0.2, 0) is 6.54 Å². The molecule has 0 saturated carbocycles. The Bertz CT molecular complexity index is 667. The minimum atomic E-state index is 0.0266. The van der Waals surface area contributed by atoms with Crippen molar-refractivity contribution in [2.45, 2.75) is 39.2 Å². The Kier molecular flexibility index (Phi) is 5.51. The van der Waals surface area contributed by atoms with E-state index in [0.29, 0.717) is 6.61 Å². The summed E-state index contributed by atoms with van der Waals surface area (Å²) in [6, 6.07) is 7.97. The number of aromatic nitrogens is 1. The lowest BCUT2D eigenvalue weighted by atomic mass is 10.1. The van der Waals surface area contributed by atoms with Gasteiger partial charge in [-0.15, -0.1) is 0 Å². The molecule has 3 rings (SSSR count). The molecular weight excluding hydrogens is 308 g/mol. The molecule has 2 heterocycles. The average molecular weight is 332 g/mol. The Hall–Kier alpha value is -1.59. The highest BCUT2D eigenvalue weighted by Gasteiger charge is 2.15. The number of ether oxygens (including phenoxy) is 1. The highest BCUT2D eigenvalue weighted by Crippen LogP contribution is 2.27. The lowest BCUT2D eigenvalue weighted by Gasteiger charge is -2.19. The van der Waals surface area contributed by atoms with E-state index in [0.717, 1.165) is 41.5 Å². The lowest BCUT2D eigenvalue weighted by molar-refractivity contribution is 0.279. The first kappa shape index (κ1) is 16.3. The standard InChI is InChI=1S/C18H24N2O2S/c1-2-22-15-9-7-14(8-10-15)17-16(23-18(21)19-17)13-20-11-5-3-4-6-12-20/h7-10H,2-6,11-13H2,1H3,(H,19,21). The van der Waals surface area contributed by atoms with Crippen molar-refractivity contribution in [2.24, 2.45) is 0 Å². The first-order valence-electron chi connectivity index (χ1n) is 8.44. The number of hydrogen-bond donors (Lipinski definition) is 1. The molecule has 124 valence electrons. The van der Waals surface area contributed by atoms with Crippen LogP contribution in [0.5, 0.6) is 5.75 Å². The van der Waals surface area contributed by atoms with E-state index in [1.807, 2.05) is 31.2 Å². The van der Waals surface area contributed by atoms with Crippen molar-refractivity contribution in [3.05, 3.63) is 38.8 Å². The van der Waals surface area contributed by atoms with E-state index < -0.39 is 0 Å². The molecule has 0 radical (unpaired) electrons. The molecular formula is C18H24N2O2S. The molecule has 5 heteroatoms. The number of benzene rings is 1. The molecule has 4 nitrogen and oxygen atoms in total. The van der Waals surface area contributed by atoms with Crippen molar-refractivity contribution >= 4 is 11.3 Å². The molecule has 2 aromatic rings. The van der Waals surface area contributed by atoms with Gasteiger partial charge in [0.05, 0.1) is 12.3 Å². The summed E-state index contributed by atoms with van der Waals surface area (Å²) < 4.78 is 5.49. The average Bonchev–Trinajstić information content (AvgIpc) is 2.74. The number of hydrogen-bond acceptors (Lipinski definition) is 4. The van der Waals surface area contributed by atoms with Crippen molar-refractivity contribution in [2.75, 3.05) is 19.7 Å². The van der Waals surface area contributed by atoms with E-state index in [1.54, 1.807) is 0 Å². The Morgan fingerprint density at radius 3 is 2.48 bits per heavy atom. The van der Waals surface area contributed by atoms with Gasteiger partial charge in [-0.1, -0.05) is 24.2 Å². The second-order valence-electron chi connectivity index (χ2n) is 5.96. The summed E-state index contributed by atoms with van der Waals surface area (Å²) in [5.74, 6) is 0.864. The molecule has 1 aliphatic heterocycles. The van der Waals surface area contributed by atoms with Crippen LogP contribution in [-0.4, -0.2) is 29.6 Å². The van der Waals surface area contributed by atoms with Crippen molar-refractivity contribution in [3.8, 4) is 17.0 Å². The third-order valence-corrected chi connectivity index (χ3v) is 5.11. The van der Waals surface area contributed by atoms with E-state index in [-0.39, 0.29) is 4.87 Å². The van der Waals surface area contributed by atoms with Gasteiger partial charge in [0.25, 0.3) is 0 Å². The van der Waals surface area contributed by atoms with Crippen molar-refractivity contribution in [1.82, 2.24) is 9.88 Å². The van der Waals surface area contributed by atoms with Crippen molar-refractivity contribution in [3.63, 3.8) is 0 Å². The van der Waals surface area contributed by atoms with Crippen LogP contribution in [0.15, 0.2) is 29.1 Å². The highest BCUT2D eigenvalue weighted by atomic mass is 32.1. The van der Waals surface area contributed by atoms with Gasteiger partial charge in [-0.3, -0.25) is 9.69 Å². The van der Waals surface area contributed by atoms with Gasteiger partial charge in [0.2, 0.25) is 0 Å². The summed E-state index contributed by atoms with van der Waals surface area (Å²) in [7, 11) is 0. The number of rotatable bonds is 5. The molecule has 1 N–H and O–H groups in total. The zero-order valence-corrected chi connectivity index (χ0v) is 14.5. The van der Waals surface area contributed by atoms with Crippen LogP contribution in [0.1, 0.15) is 37.5 Å². The Morgan fingerprint density at radius 2 is 1.83 bits per heavy atom. The second-order valence-corrected chi connectivity index (χ2v) is 7.03. The second kappa shape index (κ2) is 7.79. The molecule has 1 fully saturated rings. The van der Waals surface area contributed by atoms with Crippen molar-refractivity contribution < 1.29 is 4.74 Å². The number of likely N-dealkylation sites (tertiary alicyclic amines) is 1. The molecule has 0 amide bonds. The van der Waals surface area contributed by atoms with Crippen LogP contribution in [0.4, 0.5) is 0 Å². The quantitative estimate of drug-likeness (QED) is 0.904. The zero-order chi connectivity index (χ0) is 16.1. The predicted octanol–water partition coefficient (Wildman–Crippen LogP) is 3.88. The number of H-pyrrole nitrogens is 1. The number of aromatic amines is 1. The molecule has 23 heavy (non-hydrogen) atoms. The Morgan fingerprint density at radius 1 is 1.13 bits per heavy atom. The molecule has 0 bridgehead atoms. The minimum Gasteiger partial charge on any atom is -0.494 e. The third kappa shape index (κ3) is 4.24. The van der Waals surface area contributed by atoms with Gasteiger partial charge in [-0.25, -0.2) is 0 Å². The number of nitrogens with one attached hydrogen (secondary N) is 1. The fraction of sp³-hybridized carbons (Fsp3) is 0.500. The van der Waals surface area contributed by atoms with Gasteiger partial charge in [-0.05, 0) is 62.7 Å². The summed E-state index contributed by atoms with van der Waals surface area (Å²) >= 11 is 1.34. The minimum absolute atomic E-state index is 0.0266. The van der Waals surface area contributed by atoms with Gasteiger partial charge in [0.15, 0.2) is 0 Å². The van der Waals surface area contributed by atoms with E-state index in [4.69, 9.17) is 4.74 Å². The van der Waals surface area contributed by atoms with Gasteiger partial charge >= 0.3 is 4.87 Å². The number of thiazole rings is 1. The summed E-state index contributed by atoms with van der Waals surface area (Å²) in [4.78, 5) is 18.5. The highest BCUT2D eigenvalue weighted by molar-refractivity contribution is 7.09. The first-order chi connectivity index (χ1) is 11.3. The smallest absolute Gasteiger partial charge is 0.305 e. The molecule has 1 aromatic heterocycles. The van der Waals surface area contributed by atoms with Crippen LogP contribution >= 0.6 is 11.3 Å². The summed E-state index contributed by atoms with van der Waals surface area (Å²) in [5, 5.41) is 0. The van der Waals surface area contributed by atoms with Crippen molar-refractivity contribution in [1.29, 1.82) is 0 Å². The molecule has 1 aliphatic rings. The maximum Gasteiger partial charge on any atom is 0.305 e.